The van der Waals surface area contributed by atoms with Crippen LogP contribution in [0.15, 0.2) is 24.3 Å². The first-order valence-electron chi connectivity index (χ1n) is 5.08. The number of benzene rings is 1. The highest BCUT2D eigenvalue weighted by atomic mass is 32.1. The van der Waals surface area contributed by atoms with E-state index in [-0.39, 0.29) is 0 Å². The molecule has 4 nitrogen and oxygen atoms in total. The van der Waals surface area contributed by atoms with Gasteiger partial charge in [-0.15, -0.1) is 0 Å². The lowest BCUT2D eigenvalue weighted by molar-refractivity contribution is 0.340. The van der Waals surface area contributed by atoms with Gasteiger partial charge in [-0.1, -0.05) is 0 Å². The van der Waals surface area contributed by atoms with Crippen LogP contribution in [0, 0.1) is 0 Å². The second-order valence-electron chi connectivity index (χ2n) is 3.17. The molecule has 0 unspecified atom stereocenters. The van der Waals surface area contributed by atoms with E-state index in [1.54, 1.807) is 0 Å². The first-order chi connectivity index (χ1) is 7.85. The van der Waals surface area contributed by atoms with E-state index in [2.05, 4.69) is 14.1 Å². The fourth-order valence-corrected chi connectivity index (χ4v) is 1.99. The van der Waals surface area contributed by atoms with E-state index in [4.69, 9.17) is 4.74 Å². The Labute approximate surface area is 98.6 Å². The van der Waals surface area contributed by atoms with E-state index in [0.29, 0.717) is 6.61 Å². The quantitative estimate of drug-likeness (QED) is 0.885. The van der Waals surface area contributed by atoms with E-state index in [1.807, 2.05) is 38.2 Å². The van der Waals surface area contributed by atoms with E-state index in [1.165, 1.54) is 11.7 Å². The van der Waals surface area contributed by atoms with Crippen LogP contribution in [-0.4, -0.2) is 22.4 Å². The van der Waals surface area contributed by atoms with Crippen molar-refractivity contribution in [2.75, 3.05) is 19.0 Å². The second kappa shape index (κ2) is 4.94. The summed E-state index contributed by atoms with van der Waals surface area (Å²) >= 11 is 1.21. The van der Waals surface area contributed by atoms with E-state index < -0.39 is 0 Å². The van der Waals surface area contributed by atoms with Crippen LogP contribution in [-0.2, 0) is 0 Å². The molecule has 5 heteroatoms. The van der Waals surface area contributed by atoms with Gasteiger partial charge in [-0.2, -0.15) is 8.75 Å². The van der Waals surface area contributed by atoms with Gasteiger partial charge in [-0.05, 0) is 31.2 Å². The molecule has 1 aromatic carbocycles. The maximum Gasteiger partial charge on any atom is 0.167 e. The summed E-state index contributed by atoms with van der Waals surface area (Å²) in [6.45, 7) is 2.65. The molecule has 0 fully saturated rings. The van der Waals surface area contributed by atoms with Crippen molar-refractivity contribution < 1.29 is 4.74 Å². The van der Waals surface area contributed by atoms with Crippen molar-refractivity contribution in [3.05, 3.63) is 24.3 Å². The first kappa shape index (κ1) is 10.9. The highest BCUT2D eigenvalue weighted by molar-refractivity contribution is 6.99. The van der Waals surface area contributed by atoms with Crippen LogP contribution >= 0.6 is 11.7 Å². The molecule has 0 saturated heterocycles. The molecule has 2 aromatic rings. The summed E-state index contributed by atoms with van der Waals surface area (Å²) in [5.74, 6) is 1.69. The molecule has 1 heterocycles. The van der Waals surface area contributed by atoms with Gasteiger partial charge in [-0.3, -0.25) is 0 Å². The third-order valence-electron chi connectivity index (χ3n) is 2.16. The van der Waals surface area contributed by atoms with Gasteiger partial charge < -0.3 is 10.1 Å². The van der Waals surface area contributed by atoms with Crippen molar-refractivity contribution in [1.82, 2.24) is 8.75 Å². The summed E-state index contributed by atoms with van der Waals surface area (Å²) in [6, 6.07) is 7.86. The van der Waals surface area contributed by atoms with Crippen molar-refractivity contribution in [2.45, 2.75) is 6.92 Å². The summed E-state index contributed by atoms with van der Waals surface area (Å²) in [4.78, 5) is 0. The average molecular weight is 235 g/mol. The summed E-state index contributed by atoms with van der Waals surface area (Å²) in [6.07, 6.45) is 0. The minimum atomic E-state index is 0.680. The number of aromatic nitrogens is 2. The number of hydrogen-bond acceptors (Lipinski definition) is 5. The zero-order valence-corrected chi connectivity index (χ0v) is 10.0. The molecule has 1 aromatic heterocycles. The zero-order chi connectivity index (χ0) is 11.4. The molecule has 1 N–H and O–H groups in total. The van der Waals surface area contributed by atoms with Gasteiger partial charge in [-0.25, -0.2) is 0 Å². The van der Waals surface area contributed by atoms with E-state index in [9.17, 15) is 0 Å². The molecule has 0 amide bonds. The fraction of sp³-hybridized carbons (Fsp3) is 0.273. The van der Waals surface area contributed by atoms with Gasteiger partial charge in [0.05, 0.1) is 18.3 Å². The molecule has 2 rings (SSSR count). The molecule has 84 valence electrons. The third-order valence-corrected chi connectivity index (χ3v) is 2.69. The van der Waals surface area contributed by atoms with Gasteiger partial charge in [0.2, 0.25) is 0 Å². The summed E-state index contributed by atoms with van der Waals surface area (Å²) in [5, 5.41) is 3.02. The highest BCUT2D eigenvalue weighted by Gasteiger charge is 2.08. The number of anilines is 1. The molecular formula is C11H13N3OS. The molecule has 0 aliphatic rings. The summed E-state index contributed by atoms with van der Waals surface area (Å²) in [7, 11) is 1.84. The molecule has 0 spiro atoms. The summed E-state index contributed by atoms with van der Waals surface area (Å²) < 4.78 is 13.8. The Hall–Kier alpha value is -1.62. The third kappa shape index (κ3) is 2.14. The largest absolute Gasteiger partial charge is 0.494 e. The topological polar surface area (TPSA) is 47.0 Å². The average Bonchev–Trinajstić information content (AvgIpc) is 2.78. The monoisotopic (exact) mass is 235 g/mol. The Kier molecular flexibility index (Phi) is 3.36. The molecule has 16 heavy (non-hydrogen) atoms. The normalized spacial score (nSPS) is 10.1. The van der Waals surface area contributed by atoms with Crippen LogP contribution in [0.2, 0.25) is 0 Å². The van der Waals surface area contributed by atoms with Crippen molar-refractivity contribution in [3.8, 4) is 17.0 Å². The van der Waals surface area contributed by atoms with Crippen molar-refractivity contribution in [3.63, 3.8) is 0 Å². The maximum atomic E-state index is 5.39. The maximum absolute atomic E-state index is 5.39. The van der Waals surface area contributed by atoms with Crippen LogP contribution in [0.3, 0.4) is 0 Å². The van der Waals surface area contributed by atoms with Crippen LogP contribution in [0.4, 0.5) is 5.82 Å². The Balaban J connectivity index is 2.27. The Morgan fingerprint density at radius 1 is 1.25 bits per heavy atom. The first-order valence-corrected chi connectivity index (χ1v) is 5.81. The Morgan fingerprint density at radius 2 is 2.00 bits per heavy atom. The SMILES string of the molecule is CCOc1ccc(-c2nsnc2NC)cc1. The van der Waals surface area contributed by atoms with Crippen LogP contribution in [0.1, 0.15) is 6.92 Å². The minimum absolute atomic E-state index is 0.680. The fourth-order valence-electron chi connectivity index (χ4n) is 1.42. The lowest BCUT2D eigenvalue weighted by Gasteiger charge is -2.04. The van der Waals surface area contributed by atoms with Crippen molar-refractivity contribution >= 4 is 17.5 Å². The van der Waals surface area contributed by atoms with E-state index in [0.717, 1.165) is 22.8 Å². The molecule has 0 saturated carbocycles. The Morgan fingerprint density at radius 3 is 2.62 bits per heavy atom. The van der Waals surface area contributed by atoms with Gasteiger partial charge in [0, 0.05) is 12.6 Å². The molecule has 0 aliphatic heterocycles. The molecule has 0 aliphatic carbocycles. The zero-order valence-electron chi connectivity index (χ0n) is 9.23. The van der Waals surface area contributed by atoms with Crippen LogP contribution in [0.25, 0.3) is 11.3 Å². The number of nitrogens with zero attached hydrogens (tertiary/aromatic N) is 2. The van der Waals surface area contributed by atoms with Gasteiger partial charge >= 0.3 is 0 Å². The van der Waals surface area contributed by atoms with Crippen LogP contribution < -0.4 is 10.1 Å². The van der Waals surface area contributed by atoms with Gasteiger partial charge in [0.25, 0.3) is 0 Å². The predicted octanol–water partition coefficient (Wildman–Crippen LogP) is 2.65. The van der Waals surface area contributed by atoms with E-state index >= 15 is 0 Å². The number of rotatable bonds is 4. The molecular weight excluding hydrogens is 222 g/mol. The van der Waals surface area contributed by atoms with Crippen LogP contribution in [0.5, 0.6) is 5.75 Å². The minimum Gasteiger partial charge on any atom is -0.494 e. The van der Waals surface area contributed by atoms with Gasteiger partial charge in [0.15, 0.2) is 5.82 Å². The number of hydrogen-bond donors (Lipinski definition) is 1. The number of nitrogens with one attached hydrogen (secondary N) is 1. The molecule has 0 bridgehead atoms. The van der Waals surface area contributed by atoms with Crippen molar-refractivity contribution in [1.29, 1.82) is 0 Å². The smallest absolute Gasteiger partial charge is 0.167 e. The second-order valence-corrected chi connectivity index (χ2v) is 3.70. The Bertz CT molecular complexity index is 453. The molecule has 0 radical (unpaired) electrons. The standard InChI is InChI=1S/C11H13N3OS/c1-3-15-9-6-4-8(5-7-9)10-11(12-2)14-16-13-10/h4-7H,3H2,1-2H3,(H,12,14). The lowest BCUT2D eigenvalue weighted by atomic mass is 10.1. The number of ether oxygens (including phenoxy) is 1. The van der Waals surface area contributed by atoms with Gasteiger partial charge in [0.1, 0.15) is 11.4 Å². The lowest BCUT2D eigenvalue weighted by Crippen LogP contribution is -1.92. The molecule has 0 atom stereocenters. The van der Waals surface area contributed by atoms with Crippen molar-refractivity contribution in [2.24, 2.45) is 0 Å². The highest BCUT2D eigenvalue weighted by Crippen LogP contribution is 2.26. The summed E-state index contributed by atoms with van der Waals surface area (Å²) in [5.41, 5.74) is 1.93. The predicted molar refractivity (Wildman–Crippen MR) is 66.1 cm³/mol.